The van der Waals surface area contributed by atoms with Gasteiger partial charge in [-0.25, -0.2) is 18.6 Å². The van der Waals surface area contributed by atoms with Crippen LogP contribution in [0.2, 0.25) is 0 Å². The van der Waals surface area contributed by atoms with Crippen LogP contribution >= 0.6 is 0 Å². The number of nitrogens with one attached hydrogen (secondary N) is 1. The predicted molar refractivity (Wildman–Crippen MR) is 106 cm³/mol. The highest BCUT2D eigenvalue weighted by Gasteiger charge is 2.23. The number of amides is 1. The van der Waals surface area contributed by atoms with E-state index in [2.05, 4.69) is 26.6 Å². The molecule has 0 bridgehead atoms. The summed E-state index contributed by atoms with van der Waals surface area (Å²) < 4.78 is 37.3. The first kappa shape index (κ1) is 22.2. The van der Waals surface area contributed by atoms with Crippen LogP contribution in [-0.2, 0) is 4.74 Å². The van der Waals surface area contributed by atoms with Gasteiger partial charge in [0.25, 0.3) is 6.43 Å². The highest BCUT2D eigenvalue weighted by atomic mass is 19.3. The molecule has 2 aromatic rings. The Kier molecular flexibility index (Phi) is 7.22. The second-order valence-electron chi connectivity index (χ2n) is 7.03. The zero-order valence-corrected chi connectivity index (χ0v) is 16.5. The maximum atomic E-state index is 13.6. The second kappa shape index (κ2) is 9.42. The van der Waals surface area contributed by atoms with E-state index in [0.29, 0.717) is 12.0 Å². The molecule has 29 heavy (non-hydrogen) atoms. The summed E-state index contributed by atoms with van der Waals surface area (Å²) in [5, 5.41) is 2.41. The third-order valence-electron chi connectivity index (χ3n) is 3.87. The topological polar surface area (TPSA) is 99.4 Å². The summed E-state index contributed by atoms with van der Waals surface area (Å²) in [6.45, 7) is 7.44. The summed E-state index contributed by atoms with van der Waals surface area (Å²) in [5.74, 6) is 0.165. The van der Waals surface area contributed by atoms with Crippen LogP contribution in [0.4, 0.5) is 19.4 Å². The summed E-state index contributed by atoms with van der Waals surface area (Å²) >= 11 is 0. The molecule has 0 aromatic carbocycles. The van der Waals surface area contributed by atoms with Crippen molar-refractivity contribution in [1.29, 1.82) is 0 Å². The normalized spacial score (nSPS) is 12.9. The summed E-state index contributed by atoms with van der Waals surface area (Å²) in [5.41, 5.74) is 6.72. The van der Waals surface area contributed by atoms with Gasteiger partial charge in [-0.1, -0.05) is 5.57 Å². The number of carbonyl (C=O) groups excluding carboxylic acids is 1. The summed E-state index contributed by atoms with van der Waals surface area (Å²) in [6.07, 6.45) is -0.311. The van der Waals surface area contributed by atoms with Crippen molar-refractivity contribution in [2.75, 3.05) is 19.0 Å². The minimum Gasteiger partial charge on any atom is -0.490 e. The molecule has 0 spiro atoms. The van der Waals surface area contributed by atoms with Crippen molar-refractivity contribution in [3.8, 4) is 17.0 Å². The van der Waals surface area contributed by atoms with E-state index < -0.39 is 18.1 Å². The lowest BCUT2D eigenvalue weighted by molar-refractivity contribution is 0.141. The number of hydrogen-bond acceptors (Lipinski definition) is 6. The van der Waals surface area contributed by atoms with E-state index in [1.807, 2.05) is 6.92 Å². The van der Waals surface area contributed by atoms with Crippen LogP contribution in [0.15, 0.2) is 42.7 Å². The number of rotatable bonds is 8. The Morgan fingerprint density at radius 1 is 1.38 bits per heavy atom. The monoisotopic (exact) mass is 406 g/mol. The highest BCUT2D eigenvalue weighted by molar-refractivity contribution is 5.84. The lowest BCUT2D eigenvalue weighted by atomic mass is 9.96. The average molecular weight is 406 g/mol. The van der Waals surface area contributed by atoms with Crippen molar-refractivity contribution in [3.05, 3.63) is 48.3 Å². The van der Waals surface area contributed by atoms with Gasteiger partial charge in [-0.2, -0.15) is 0 Å². The molecular weight excluding hydrogens is 382 g/mol. The maximum absolute atomic E-state index is 13.6. The molecule has 0 radical (unpaired) electrons. The first-order valence-electron chi connectivity index (χ1n) is 8.77. The third-order valence-corrected chi connectivity index (χ3v) is 3.87. The van der Waals surface area contributed by atoms with Crippen LogP contribution in [0, 0.1) is 0 Å². The molecule has 2 heterocycles. The number of hydrogen-bond donors (Lipinski definition) is 2. The van der Waals surface area contributed by atoms with E-state index in [4.69, 9.17) is 10.5 Å². The van der Waals surface area contributed by atoms with Gasteiger partial charge >= 0.3 is 6.09 Å². The lowest BCUT2D eigenvalue weighted by Crippen LogP contribution is -2.42. The number of methoxy groups -OCH3 is 1. The fraction of sp³-hybridized carbons (Fsp3) is 0.350. The number of anilines is 1. The Bertz CT molecular complexity index is 888. The van der Waals surface area contributed by atoms with E-state index in [0.717, 1.165) is 5.57 Å². The fourth-order valence-corrected chi connectivity index (χ4v) is 2.70. The van der Waals surface area contributed by atoms with Crippen molar-refractivity contribution >= 4 is 11.9 Å². The molecule has 156 valence electrons. The zero-order valence-electron chi connectivity index (χ0n) is 16.5. The number of aromatic nitrogens is 2. The number of pyridine rings is 2. The first-order chi connectivity index (χ1) is 13.6. The molecule has 9 heteroatoms. The highest BCUT2D eigenvalue weighted by Crippen LogP contribution is 2.32. The van der Waals surface area contributed by atoms with Crippen LogP contribution in [0.25, 0.3) is 11.3 Å². The Labute approximate surface area is 167 Å². The molecular formula is C20H24F2N4O3. The van der Waals surface area contributed by atoms with Crippen LogP contribution in [0.5, 0.6) is 5.75 Å². The largest absolute Gasteiger partial charge is 0.490 e. The SMILES string of the molecule is C=C(C)C[C@](C)(N)COc1cnc(-c2ccnc(NC(=O)OC)c2)cc1C(F)F. The molecule has 3 N–H and O–H groups in total. The van der Waals surface area contributed by atoms with Gasteiger partial charge in [0.1, 0.15) is 18.2 Å². The number of alkyl halides is 2. The number of ether oxygens (including phenoxy) is 2. The molecule has 1 atom stereocenters. The molecule has 0 saturated heterocycles. The van der Waals surface area contributed by atoms with Gasteiger partial charge in [-0.15, -0.1) is 6.58 Å². The second-order valence-corrected chi connectivity index (χ2v) is 7.03. The van der Waals surface area contributed by atoms with Gasteiger partial charge in [0.05, 0.1) is 30.1 Å². The Morgan fingerprint density at radius 3 is 2.72 bits per heavy atom. The van der Waals surface area contributed by atoms with Crippen LogP contribution in [0.3, 0.4) is 0 Å². The van der Waals surface area contributed by atoms with Crippen LogP contribution in [0.1, 0.15) is 32.3 Å². The average Bonchev–Trinajstić information content (AvgIpc) is 2.65. The molecule has 0 aliphatic heterocycles. The standard InChI is InChI=1S/C20H24F2N4O3/c1-12(2)9-20(3,23)11-29-16-10-25-15(8-14(16)18(21)22)13-5-6-24-17(7-13)26-19(27)28-4/h5-8,10,18H,1,9,11,23H2,2-4H3,(H,24,26,27)/t20-/m0/s1. The van der Waals surface area contributed by atoms with Gasteiger partial charge in [-0.3, -0.25) is 10.3 Å². The minimum atomic E-state index is -2.77. The quantitative estimate of drug-likeness (QED) is 0.634. The number of halogens is 2. The smallest absolute Gasteiger partial charge is 0.412 e. The van der Waals surface area contributed by atoms with E-state index in [-0.39, 0.29) is 29.4 Å². The molecule has 0 aliphatic carbocycles. The van der Waals surface area contributed by atoms with Gasteiger partial charge in [0.2, 0.25) is 0 Å². The van der Waals surface area contributed by atoms with Crippen molar-refractivity contribution in [3.63, 3.8) is 0 Å². The van der Waals surface area contributed by atoms with Gasteiger partial charge in [0, 0.05) is 11.8 Å². The van der Waals surface area contributed by atoms with E-state index in [1.54, 1.807) is 13.0 Å². The minimum absolute atomic E-state index is 0.0308. The third kappa shape index (κ3) is 6.49. The zero-order chi connectivity index (χ0) is 21.6. The predicted octanol–water partition coefficient (Wildman–Crippen LogP) is 4.32. The van der Waals surface area contributed by atoms with Crippen molar-refractivity contribution in [1.82, 2.24) is 9.97 Å². The lowest BCUT2D eigenvalue weighted by Gasteiger charge is -2.25. The molecule has 0 saturated carbocycles. The van der Waals surface area contributed by atoms with Gasteiger partial charge < -0.3 is 15.2 Å². The number of carbonyl (C=O) groups is 1. The first-order valence-corrected chi connectivity index (χ1v) is 8.77. The Hall–Kier alpha value is -3.07. The fourth-order valence-electron chi connectivity index (χ4n) is 2.70. The molecule has 7 nitrogen and oxygen atoms in total. The van der Waals surface area contributed by atoms with Gasteiger partial charge in [-0.05, 0) is 38.5 Å². The van der Waals surface area contributed by atoms with Crippen molar-refractivity contribution < 1.29 is 23.0 Å². The molecule has 2 rings (SSSR count). The van der Waals surface area contributed by atoms with Crippen LogP contribution < -0.4 is 15.8 Å². The molecule has 2 aromatic heterocycles. The van der Waals surface area contributed by atoms with Crippen LogP contribution in [-0.4, -0.2) is 35.3 Å². The molecule has 1 amide bonds. The number of nitrogens with zero attached hydrogens (tertiary/aromatic N) is 2. The molecule has 0 aliphatic rings. The number of nitrogens with two attached hydrogens (primary N) is 1. The summed E-state index contributed by atoms with van der Waals surface area (Å²) in [4.78, 5) is 19.5. The maximum Gasteiger partial charge on any atom is 0.412 e. The van der Waals surface area contributed by atoms with E-state index in [9.17, 15) is 13.6 Å². The Balaban J connectivity index is 2.27. The van der Waals surface area contributed by atoms with Gasteiger partial charge in [0.15, 0.2) is 0 Å². The summed E-state index contributed by atoms with van der Waals surface area (Å²) in [7, 11) is 1.22. The van der Waals surface area contributed by atoms with Crippen molar-refractivity contribution in [2.45, 2.75) is 32.2 Å². The molecule has 0 fully saturated rings. The summed E-state index contributed by atoms with van der Waals surface area (Å²) in [6, 6.07) is 4.33. The van der Waals surface area contributed by atoms with E-state index >= 15 is 0 Å². The van der Waals surface area contributed by atoms with Crippen molar-refractivity contribution in [2.24, 2.45) is 5.73 Å². The van der Waals surface area contributed by atoms with E-state index in [1.165, 1.54) is 31.6 Å². The molecule has 0 unspecified atom stereocenters. The Morgan fingerprint density at radius 2 is 2.10 bits per heavy atom.